The smallest absolute Gasteiger partial charge is 0.337 e. The van der Waals surface area contributed by atoms with Crippen LogP contribution in [-0.2, 0) is 9.53 Å². The minimum Gasteiger partial charge on any atom is -0.465 e. The predicted octanol–water partition coefficient (Wildman–Crippen LogP) is 4.07. The summed E-state index contributed by atoms with van der Waals surface area (Å²) in [5.41, 5.74) is 1.45. The number of esters is 1. The number of nitrogens with zero attached hydrogens (tertiary/aromatic N) is 2. The number of nitrogens with one attached hydrogen (secondary N) is 2. The van der Waals surface area contributed by atoms with E-state index in [1.54, 1.807) is 42.5 Å². The molecular weight excluding hydrogens is 492 g/mol. The van der Waals surface area contributed by atoms with Crippen LogP contribution in [0, 0.1) is 0 Å². The Morgan fingerprint density at radius 3 is 2.50 bits per heavy atom. The average Bonchev–Trinajstić information content (AvgIpc) is 3.19. The van der Waals surface area contributed by atoms with Crippen LogP contribution in [-0.4, -0.2) is 40.8 Å². The van der Waals surface area contributed by atoms with E-state index in [-0.39, 0.29) is 17.6 Å². The van der Waals surface area contributed by atoms with Gasteiger partial charge in [-0.25, -0.2) is 4.79 Å². The Morgan fingerprint density at radius 2 is 1.80 bits per heavy atom. The van der Waals surface area contributed by atoms with E-state index in [0.29, 0.717) is 30.8 Å². The molecule has 0 atom stereocenters. The largest absolute Gasteiger partial charge is 0.465 e. The van der Waals surface area contributed by atoms with Gasteiger partial charge in [0.25, 0.3) is 5.91 Å². The zero-order valence-corrected chi connectivity index (χ0v) is 18.8. The van der Waals surface area contributed by atoms with Crippen LogP contribution in [0.4, 0.5) is 10.8 Å². The number of halogens is 1. The van der Waals surface area contributed by atoms with Crippen molar-refractivity contribution in [2.24, 2.45) is 0 Å². The SMILES string of the molecule is COC(=O)c1ccc(NC(=O)CSc2nnc(NC(=O)c3ccccc3Br)s2)cc1. The first-order valence-electron chi connectivity index (χ1n) is 8.46. The Kier molecular flexibility index (Phi) is 7.55. The maximum absolute atomic E-state index is 12.3. The number of anilines is 2. The number of amides is 2. The van der Waals surface area contributed by atoms with Crippen molar-refractivity contribution in [3.63, 3.8) is 0 Å². The Balaban J connectivity index is 1.50. The maximum atomic E-state index is 12.3. The van der Waals surface area contributed by atoms with Gasteiger partial charge in [-0.3, -0.25) is 14.9 Å². The van der Waals surface area contributed by atoms with Gasteiger partial charge >= 0.3 is 5.97 Å². The zero-order valence-electron chi connectivity index (χ0n) is 15.5. The van der Waals surface area contributed by atoms with Crippen molar-refractivity contribution in [3.8, 4) is 0 Å². The number of hydrogen-bond donors (Lipinski definition) is 2. The Bertz CT molecular complexity index is 1070. The molecule has 0 bridgehead atoms. The highest BCUT2D eigenvalue weighted by molar-refractivity contribution is 9.10. The highest BCUT2D eigenvalue weighted by atomic mass is 79.9. The second-order valence-corrected chi connectivity index (χ2v) is 8.77. The van der Waals surface area contributed by atoms with Gasteiger partial charge in [0.1, 0.15) is 0 Å². The van der Waals surface area contributed by atoms with Crippen LogP contribution in [0.2, 0.25) is 0 Å². The minimum atomic E-state index is -0.442. The fourth-order valence-electron chi connectivity index (χ4n) is 2.26. The van der Waals surface area contributed by atoms with Crippen molar-refractivity contribution in [2.45, 2.75) is 4.34 Å². The second kappa shape index (κ2) is 10.3. The first-order valence-corrected chi connectivity index (χ1v) is 11.1. The van der Waals surface area contributed by atoms with Crippen LogP contribution in [0.1, 0.15) is 20.7 Å². The summed E-state index contributed by atoms with van der Waals surface area (Å²) >= 11 is 5.72. The lowest BCUT2D eigenvalue weighted by molar-refractivity contribution is -0.113. The summed E-state index contributed by atoms with van der Waals surface area (Å²) in [6.45, 7) is 0. The highest BCUT2D eigenvalue weighted by Crippen LogP contribution is 2.26. The molecule has 8 nitrogen and oxygen atoms in total. The summed E-state index contributed by atoms with van der Waals surface area (Å²) in [6.07, 6.45) is 0. The standard InChI is InChI=1S/C19H15BrN4O4S2/c1-28-17(27)11-6-8-12(9-7-11)21-15(25)10-29-19-24-23-18(30-19)22-16(26)13-4-2-3-5-14(13)20/h2-9H,10H2,1H3,(H,21,25)(H,22,23,26). The lowest BCUT2D eigenvalue weighted by Crippen LogP contribution is -2.14. The Labute approximate surface area is 188 Å². The normalized spacial score (nSPS) is 10.3. The lowest BCUT2D eigenvalue weighted by atomic mass is 10.2. The molecule has 0 aliphatic carbocycles. The van der Waals surface area contributed by atoms with E-state index in [2.05, 4.69) is 41.5 Å². The number of carbonyl (C=O) groups is 3. The van der Waals surface area contributed by atoms with E-state index in [0.717, 1.165) is 0 Å². The molecule has 3 aromatic rings. The van der Waals surface area contributed by atoms with E-state index < -0.39 is 5.97 Å². The third kappa shape index (κ3) is 5.88. The van der Waals surface area contributed by atoms with Crippen LogP contribution in [0.5, 0.6) is 0 Å². The van der Waals surface area contributed by atoms with Gasteiger partial charge in [-0.05, 0) is 52.3 Å². The predicted molar refractivity (Wildman–Crippen MR) is 119 cm³/mol. The molecule has 0 saturated carbocycles. The molecule has 0 fully saturated rings. The van der Waals surface area contributed by atoms with Gasteiger partial charge in [-0.15, -0.1) is 10.2 Å². The van der Waals surface area contributed by atoms with E-state index in [4.69, 9.17) is 0 Å². The average molecular weight is 507 g/mol. The molecule has 2 aromatic carbocycles. The molecule has 0 aliphatic heterocycles. The first kappa shape index (κ1) is 21.9. The van der Waals surface area contributed by atoms with Gasteiger partial charge in [0.05, 0.1) is 24.0 Å². The van der Waals surface area contributed by atoms with Gasteiger partial charge in [-0.1, -0.05) is 35.2 Å². The van der Waals surface area contributed by atoms with Gasteiger partial charge in [0, 0.05) is 10.2 Å². The molecule has 0 radical (unpaired) electrons. The van der Waals surface area contributed by atoms with Crippen molar-refractivity contribution in [3.05, 3.63) is 64.1 Å². The van der Waals surface area contributed by atoms with Crippen LogP contribution in [0.3, 0.4) is 0 Å². The fraction of sp³-hybridized carbons (Fsp3) is 0.105. The number of aromatic nitrogens is 2. The first-order chi connectivity index (χ1) is 14.5. The molecular formula is C19H15BrN4O4S2. The van der Waals surface area contributed by atoms with Crippen LogP contribution < -0.4 is 10.6 Å². The van der Waals surface area contributed by atoms with Crippen LogP contribution >= 0.6 is 39.0 Å². The van der Waals surface area contributed by atoms with Crippen molar-refractivity contribution >= 4 is 67.6 Å². The van der Waals surface area contributed by atoms with E-state index >= 15 is 0 Å². The number of rotatable bonds is 7. The number of benzene rings is 2. The summed E-state index contributed by atoms with van der Waals surface area (Å²) in [5, 5.41) is 13.7. The molecule has 0 spiro atoms. The van der Waals surface area contributed by atoms with Crippen molar-refractivity contribution in [2.75, 3.05) is 23.5 Å². The summed E-state index contributed by atoms with van der Waals surface area (Å²) in [4.78, 5) is 35.8. The molecule has 0 unspecified atom stereocenters. The third-order valence-electron chi connectivity index (χ3n) is 3.66. The monoisotopic (exact) mass is 506 g/mol. The molecule has 2 amide bonds. The fourth-order valence-corrected chi connectivity index (χ4v) is 4.27. The molecule has 0 saturated heterocycles. The van der Waals surface area contributed by atoms with Gasteiger partial charge in [0.15, 0.2) is 4.34 Å². The van der Waals surface area contributed by atoms with Gasteiger partial charge in [-0.2, -0.15) is 0 Å². The van der Waals surface area contributed by atoms with Gasteiger partial charge in [0.2, 0.25) is 11.0 Å². The summed E-state index contributed by atoms with van der Waals surface area (Å²) in [6, 6.07) is 13.4. The Morgan fingerprint density at radius 1 is 1.07 bits per heavy atom. The lowest BCUT2D eigenvalue weighted by Gasteiger charge is -2.05. The summed E-state index contributed by atoms with van der Waals surface area (Å²) in [7, 11) is 1.31. The van der Waals surface area contributed by atoms with E-state index in [1.807, 2.05) is 6.07 Å². The van der Waals surface area contributed by atoms with Crippen LogP contribution in [0.15, 0.2) is 57.3 Å². The number of carbonyl (C=O) groups excluding carboxylic acids is 3. The summed E-state index contributed by atoms with van der Waals surface area (Å²) in [5.74, 6) is -0.865. The van der Waals surface area contributed by atoms with Crippen molar-refractivity contribution < 1.29 is 19.1 Å². The highest BCUT2D eigenvalue weighted by Gasteiger charge is 2.14. The van der Waals surface area contributed by atoms with Crippen LogP contribution in [0.25, 0.3) is 0 Å². The number of methoxy groups -OCH3 is 1. The molecule has 11 heteroatoms. The maximum Gasteiger partial charge on any atom is 0.337 e. The molecule has 3 rings (SSSR count). The summed E-state index contributed by atoms with van der Waals surface area (Å²) < 4.78 is 5.86. The van der Waals surface area contributed by atoms with E-state index in [1.165, 1.54) is 30.2 Å². The minimum absolute atomic E-state index is 0.117. The van der Waals surface area contributed by atoms with Crippen molar-refractivity contribution in [1.29, 1.82) is 0 Å². The zero-order chi connectivity index (χ0) is 21.5. The molecule has 1 aromatic heterocycles. The quantitative estimate of drug-likeness (QED) is 0.282. The molecule has 2 N–H and O–H groups in total. The molecule has 1 heterocycles. The molecule has 154 valence electrons. The van der Waals surface area contributed by atoms with Gasteiger partial charge < -0.3 is 10.1 Å². The Hall–Kier alpha value is -2.76. The van der Waals surface area contributed by atoms with E-state index in [9.17, 15) is 14.4 Å². The topological polar surface area (TPSA) is 110 Å². The molecule has 0 aliphatic rings. The molecule has 30 heavy (non-hydrogen) atoms. The third-order valence-corrected chi connectivity index (χ3v) is 6.33. The second-order valence-electron chi connectivity index (χ2n) is 5.71. The number of ether oxygens (including phenoxy) is 1. The van der Waals surface area contributed by atoms with Crippen molar-refractivity contribution in [1.82, 2.24) is 10.2 Å². The number of hydrogen-bond acceptors (Lipinski definition) is 8. The number of thioether (sulfide) groups is 1.